The van der Waals surface area contributed by atoms with E-state index >= 15 is 0 Å². The quantitative estimate of drug-likeness (QED) is 0.107. The van der Waals surface area contributed by atoms with Gasteiger partial charge in [0.2, 0.25) is 23.0 Å². The fourth-order valence-electron chi connectivity index (χ4n) is 6.78. The zero-order chi connectivity index (χ0) is 37.1. The van der Waals surface area contributed by atoms with Crippen LogP contribution in [0, 0.1) is 5.92 Å². The molecule has 52 heavy (non-hydrogen) atoms. The van der Waals surface area contributed by atoms with Crippen molar-refractivity contribution in [2.24, 2.45) is 5.92 Å². The van der Waals surface area contributed by atoms with Crippen LogP contribution in [0.3, 0.4) is 0 Å². The first-order valence-corrected chi connectivity index (χ1v) is 17.9. The van der Waals surface area contributed by atoms with E-state index in [0.29, 0.717) is 52.8 Å². The molecule has 4 N–H and O–H groups in total. The highest BCUT2D eigenvalue weighted by molar-refractivity contribution is 7.14. The number of nitrogens with zero attached hydrogens (tertiary/aromatic N) is 1. The Hall–Kier alpha value is -5.56. The number of amides is 2. The van der Waals surface area contributed by atoms with Gasteiger partial charge in [0.15, 0.2) is 16.6 Å². The van der Waals surface area contributed by atoms with Crippen LogP contribution in [0.4, 0.5) is 10.8 Å². The molecule has 2 aromatic heterocycles. The average Bonchev–Trinajstić information content (AvgIpc) is 3.71. The fourth-order valence-corrected chi connectivity index (χ4v) is 7.49. The van der Waals surface area contributed by atoms with Gasteiger partial charge in [0.1, 0.15) is 11.8 Å². The summed E-state index contributed by atoms with van der Waals surface area (Å²) in [4.78, 5) is 48.3. The second-order valence-electron chi connectivity index (χ2n) is 12.7. The molecule has 5 aromatic rings. The van der Waals surface area contributed by atoms with Gasteiger partial charge < -0.3 is 39.9 Å². The number of H-pyrrole nitrogens is 1. The summed E-state index contributed by atoms with van der Waals surface area (Å²) in [6.07, 6.45) is 3.68. The molecule has 0 fully saturated rings. The molecular formula is C39H43N5O7S. The Kier molecular flexibility index (Phi) is 10.7. The first-order valence-electron chi connectivity index (χ1n) is 17.1. The smallest absolute Gasteiger partial charge is 0.248 e. The van der Waals surface area contributed by atoms with E-state index in [0.717, 1.165) is 39.0 Å². The van der Waals surface area contributed by atoms with Crippen molar-refractivity contribution in [3.05, 3.63) is 75.4 Å². The van der Waals surface area contributed by atoms with Crippen LogP contribution >= 0.6 is 11.3 Å². The topological polar surface area (TPSA) is 153 Å². The van der Waals surface area contributed by atoms with Crippen molar-refractivity contribution in [2.75, 3.05) is 39.1 Å². The Balaban J connectivity index is 1.35. The summed E-state index contributed by atoms with van der Waals surface area (Å²) >= 11 is 1.33. The Labute approximate surface area is 305 Å². The number of aromatic amines is 1. The largest absolute Gasteiger partial charge is 0.497 e. The maximum absolute atomic E-state index is 14.0. The molecule has 3 atom stereocenters. The summed E-state index contributed by atoms with van der Waals surface area (Å²) in [5, 5.41) is 12.6. The third kappa shape index (κ3) is 7.00. The number of anilines is 2. The second-order valence-corrected chi connectivity index (χ2v) is 13.6. The van der Waals surface area contributed by atoms with Gasteiger partial charge in [0.05, 0.1) is 45.9 Å². The van der Waals surface area contributed by atoms with E-state index in [1.165, 1.54) is 18.3 Å². The second kappa shape index (κ2) is 15.4. The molecule has 6 rings (SSSR count). The summed E-state index contributed by atoms with van der Waals surface area (Å²) in [5.74, 6) is 1.47. The molecule has 0 radical (unpaired) electrons. The Bertz CT molecular complexity index is 2200. The van der Waals surface area contributed by atoms with Crippen molar-refractivity contribution in [1.29, 1.82) is 0 Å². The maximum atomic E-state index is 14.0. The number of carbonyl (C=O) groups excluding carboxylic acids is 2. The van der Waals surface area contributed by atoms with Crippen LogP contribution in [0.15, 0.2) is 58.8 Å². The average molecular weight is 726 g/mol. The number of aromatic nitrogens is 2. The monoisotopic (exact) mass is 725 g/mol. The lowest BCUT2D eigenvalue weighted by molar-refractivity contribution is -0.120. The summed E-state index contributed by atoms with van der Waals surface area (Å²) < 4.78 is 22.6. The first-order chi connectivity index (χ1) is 25.1. The van der Waals surface area contributed by atoms with Crippen LogP contribution in [0.25, 0.3) is 33.3 Å². The lowest BCUT2D eigenvalue weighted by atomic mass is 9.95. The van der Waals surface area contributed by atoms with Gasteiger partial charge in [-0.15, -0.1) is 11.3 Å². The predicted molar refractivity (Wildman–Crippen MR) is 204 cm³/mol. The van der Waals surface area contributed by atoms with E-state index in [4.69, 9.17) is 23.9 Å². The van der Waals surface area contributed by atoms with Gasteiger partial charge in [0.25, 0.3) is 0 Å². The standard InChI is InChI=1S/C39H43N5O7S/c1-8-20(2)35(38(47)44-39-43-31(19-52-39)27-18-40-30-16-23(48-4)10-11-24(27)30)42-29-14-12-25-26(17-32(29)46)28(41-21(3)45)13-9-22-15-33(49-5)36(50-6)37(51-7)34(22)25/h10-12,14-20,28,35,40H,8-9,13H2,1-7H3,(H,41,45)(H,42,46)(H,43,44,47)/t20-,28+,35+/m1/s1. The minimum atomic E-state index is -0.759. The molecule has 13 heteroatoms. The number of rotatable bonds is 12. The van der Waals surface area contributed by atoms with E-state index in [2.05, 4.69) is 20.9 Å². The minimum absolute atomic E-state index is 0.143. The lowest BCUT2D eigenvalue weighted by Crippen LogP contribution is -2.40. The number of ether oxygens (including phenoxy) is 4. The zero-order valence-electron chi connectivity index (χ0n) is 30.3. The zero-order valence-corrected chi connectivity index (χ0v) is 31.1. The number of methoxy groups -OCH3 is 4. The number of hydrogen-bond donors (Lipinski definition) is 4. The van der Waals surface area contributed by atoms with Crippen molar-refractivity contribution >= 4 is 44.9 Å². The molecule has 2 amide bonds. The molecule has 1 aliphatic rings. The number of aryl methyl sites for hydroxylation is 1. The highest BCUT2D eigenvalue weighted by Crippen LogP contribution is 2.50. The number of hydrogen-bond acceptors (Lipinski definition) is 10. The molecule has 0 saturated heterocycles. The number of thiazole rings is 1. The van der Waals surface area contributed by atoms with Crippen molar-refractivity contribution in [2.45, 2.75) is 52.1 Å². The third-order valence-corrected chi connectivity index (χ3v) is 10.4. The third-order valence-electron chi connectivity index (χ3n) is 9.62. The molecule has 0 bridgehead atoms. The normalized spacial score (nSPS) is 14.6. The van der Waals surface area contributed by atoms with E-state index in [1.54, 1.807) is 40.6 Å². The summed E-state index contributed by atoms with van der Waals surface area (Å²) in [7, 11) is 6.29. The molecule has 1 aliphatic carbocycles. The van der Waals surface area contributed by atoms with Gasteiger partial charge in [-0.25, -0.2) is 4.98 Å². The van der Waals surface area contributed by atoms with Crippen LogP contribution in [0.2, 0.25) is 0 Å². The molecule has 12 nitrogen and oxygen atoms in total. The van der Waals surface area contributed by atoms with Gasteiger partial charge >= 0.3 is 0 Å². The number of carbonyl (C=O) groups is 2. The van der Waals surface area contributed by atoms with Crippen molar-refractivity contribution in [3.8, 4) is 45.4 Å². The summed E-state index contributed by atoms with van der Waals surface area (Å²) in [6.45, 7) is 5.41. The fraction of sp³-hybridized carbons (Fsp3) is 0.333. The number of nitrogens with one attached hydrogen (secondary N) is 4. The maximum Gasteiger partial charge on any atom is 0.248 e. The van der Waals surface area contributed by atoms with Gasteiger partial charge in [-0.1, -0.05) is 26.3 Å². The number of benzene rings is 2. The summed E-state index contributed by atoms with van der Waals surface area (Å²) in [6, 6.07) is 11.5. The molecule has 0 saturated carbocycles. The molecule has 0 aliphatic heterocycles. The molecule has 3 aromatic carbocycles. The van der Waals surface area contributed by atoms with Crippen molar-refractivity contribution in [3.63, 3.8) is 0 Å². The SMILES string of the molecule is CC[C@@H](C)[C@H](Nc1ccc2c(cc1=O)[C@@H](NC(C)=O)CCc1cc(OC)c(OC)c(OC)c1-2)C(=O)Nc1nc(-c2c[nH]c3cc(OC)ccc23)cs1. The lowest BCUT2D eigenvalue weighted by Gasteiger charge is -2.23. The van der Waals surface area contributed by atoms with E-state index < -0.39 is 12.1 Å². The van der Waals surface area contributed by atoms with Crippen molar-refractivity contribution < 1.29 is 28.5 Å². The van der Waals surface area contributed by atoms with Gasteiger partial charge in [-0.05, 0) is 65.8 Å². The van der Waals surface area contributed by atoms with Gasteiger partial charge in [-0.3, -0.25) is 14.4 Å². The Morgan fingerprint density at radius 3 is 2.48 bits per heavy atom. The molecule has 0 spiro atoms. The Morgan fingerprint density at radius 2 is 1.79 bits per heavy atom. The van der Waals surface area contributed by atoms with Crippen LogP contribution in [0.5, 0.6) is 23.0 Å². The highest BCUT2D eigenvalue weighted by Gasteiger charge is 2.31. The highest BCUT2D eigenvalue weighted by atomic mass is 32.1. The van der Waals surface area contributed by atoms with E-state index in [1.807, 2.05) is 55.8 Å². The molecular weight excluding hydrogens is 683 g/mol. The Morgan fingerprint density at radius 1 is 1.00 bits per heavy atom. The van der Waals surface area contributed by atoms with Crippen LogP contribution in [-0.4, -0.2) is 56.3 Å². The minimum Gasteiger partial charge on any atom is -0.497 e. The molecule has 2 heterocycles. The van der Waals surface area contributed by atoms with Gasteiger partial charge in [-0.2, -0.15) is 0 Å². The molecule has 272 valence electrons. The summed E-state index contributed by atoms with van der Waals surface area (Å²) in [5.41, 5.74) is 5.46. The predicted octanol–water partition coefficient (Wildman–Crippen LogP) is 6.94. The number of fused-ring (bicyclic) bond motifs is 4. The van der Waals surface area contributed by atoms with Crippen LogP contribution < -0.4 is 40.3 Å². The van der Waals surface area contributed by atoms with Gasteiger partial charge in [0, 0.05) is 46.6 Å². The van der Waals surface area contributed by atoms with Crippen molar-refractivity contribution in [1.82, 2.24) is 15.3 Å². The van der Waals surface area contributed by atoms with Crippen LogP contribution in [-0.2, 0) is 16.0 Å². The molecule has 0 unspecified atom stereocenters. The van der Waals surface area contributed by atoms with Crippen LogP contribution in [0.1, 0.15) is 50.8 Å². The van der Waals surface area contributed by atoms with E-state index in [9.17, 15) is 14.4 Å². The van der Waals surface area contributed by atoms with E-state index in [-0.39, 0.29) is 28.8 Å². The first kappa shape index (κ1) is 36.2.